The predicted molar refractivity (Wildman–Crippen MR) is 53.2 cm³/mol. The summed E-state index contributed by atoms with van der Waals surface area (Å²) in [6.07, 6.45) is -0.239. The Morgan fingerprint density at radius 3 is 2.00 bits per heavy atom. The number of nitrogens with one attached hydrogen (secondary N) is 1. The lowest BCUT2D eigenvalue weighted by molar-refractivity contribution is 0.180. The summed E-state index contributed by atoms with van der Waals surface area (Å²) in [5.74, 6) is 0.635. The van der Waals surface area contributed by atoms with Gasteiger partial charge in [0.15, 0.2) is 0 Å². The first-order chi connectivity index (χ1) is 5.34. The van der Waals surface area contributed by atoms with Gasteiger partial charge in [0.25, 0.3) is 0 Å². The maximum Gasteiger partial charge on any atom is 0.0636 e. The molecule has 2 unspecified atom stereocenters. The Bertz CT molecular complexity index is 115. The Hall–Kier alpha value is -0.0800. The van der Waals surface area contributed by atoms with E-state index in [0.29, 0.717) is 17.9 Å². The van der Waals surface area contributed by atoms with E-state index >= 15 is 0 Å². The lowest BCUT2D eigenvalue weighted by Gasteiger charge is -2.27. The molecule has 0 bridgehead atoms. The van der Waals surface area contributed by atoms with Crippen LogP contribution in [0, 0.1) is 11.3 Å². The summed E-state index contributed by atoms with van der Waals surface area (Å²) < 4.78 is 0. The van der Waals surface area contributed by atoms with Crippen molar-refractivity contribution < 1.29 is 5.11 Å². The van der Waals surface area contributed by atoms with Gasteiger partial charge in [0.2, 0.25) is 0 Å². The van der Waals surface area contributed by atoms with Crippen LogP contribution in [-0.4, -0.2) is 24.3 Å². The van der Waals surface area contributed by atoms with Crippen LogP contribution in [0.3, 0.4) is 0 Å². The predicted octanol–water partition coefficient (Wildman–Crippen LogP) is 1.64. The van der Waals surface area contributed by atoms with Gasteiger partial charge in [0, 0.05) is 6.54 Å². The average molecular weight is 173 g/mol. The average Bonchev–Trinajstić information content (AvgIpc) is 1.84. The molecule has 2 heteroatoms. The first-order valence-corrected chi connectivity index (χ1v) is 4.73. The summed E-state index contributed by atoms with van der Waals surface area (Å²) >= 11 is 0. The van der Waals surface area contributed by atoms with E-state index in [-0.39, 0.29) is 6.10 Å². The van der Waals surface area contributed by atoms with Crippen LogP contribution in [0.1, 0.15) is 34.6 Å². The number of rotatable bonds is 4. The molecule has 0 spiro atoms. The maximum atomic E-state index is 9.01. The molecule has 0 saturated heterocycles. The summed E-state index contributed by atoms with van der Waals surface area (Å²) in [5, 5.41) is 12.2. The van der Waals surface area contributed by atoms with Gasteiger partial charge in [0.05, 0.1) is 6.10 Å². The fourth-order valence-electron chi connectivity index (χ4n) is 0.815. The van der Waals surface area contributed by atoms with E-state index in [0.717, 1.165) is 6.54 Å². The standard InChI is InChI=1S/C10H23NO/c1-8(10(3,4)5)6-11-7-9(2)12/h8-9,11-12H,6-7H2,1-5H3. The van der Waals surface area contributed by atoms with Gasteiger partial charge in [-0.3, -0.25) is 0 Å². The van der Waals surface area contributed by atoms with Gasteiger partial charge in [0.1, 0.15) is 0 Å². The molecule has 0 aliphatic rings. The van der Waals surface area contributed by atoms with E-state index in [9.17, 15) is 0 Å². The molecule has 2 atom stereocenters. The molecule has 0 radical (unpaired) electrons. The number of aliphatic hydroxyl groups excluding tert-OH is 1. The molecule has 0 aromatic heterocycles. The van der Waals surface area contributed by atoms with Gasteiger partial charge >= 0.3 is 0 Å². The van der Waals surface area contributed by atoms with Crippen LogP contribution in [0.2, 0.25) is 0 Å². The molecular weight excluding hydrogens is 150 g/mol. The van der Waals surface area contributed by atoms with E-state index < -0.39 is 0 Å². The minimum absolute atomic E-state index is 0.239. The van der Waals surface area contributed by atoms with Gasteiger partial charge in [-0.15, -0.1) is 0 Å². The summed E-state index contributed by atoms with van der Waals surface area (Å²) in [6.45, 7) is 12.4. The topological polar surface area (TPSA) is 32.3 Å². The second-order valence-corrected chi connectivity index (χ2v) is 4.77. The van der Waals surface area contributed by atoms with E-state index in [1.807, 2.05) is 0 Å². The summed E-state index contributed by atoms with van der Waals surface area (Å²) in [5.41, 5.74) is 0.353. The first kappa shape index (κ1) is 11.9. The molecule has 0 fully saturated rings. The highest BCUT2D eigenvalue weighted by atomic mass is 16.3. The molecule has 2 N–H and O–H groups in total. The SMILES string of the molecule is CC(O)CNCC(C)C(C)(C)C. The molecule has 0 rings (SSSR count). The van der Waals surface area contributed by atoms with Crippen molar-refractivity contribution >= 4 is 0 Å². The largest absolute Gasteiger partial charge is 0.392 e. The van der Waals surface area contributed by atoms with Gasteiger partial charge in [-0.05, 0) is 24.8 Å². The zero-order valence-electron chi connectivity index (χ0n) is 9.02. The van der Waals surface area contributed by atoms with E-state index in [4.69, 9.17) is 5.11 Å². The quantitative estimate of drug-likeness (QED) is 0.677. The summed E-state index contributed by atoms with van der Waals surface area (Å²) in [6, 6.07) is 0. The number of hydrogen-bond acceptors (Lipinski definition) is 2. The Balaban J connectivity index is 3.51. The second kappa shape index (κ2) is 4.83. The van der Waals surface area contributed by atoms with Crippen molar-refractivity contribution in [1.82, 2.24) is 5.32 Å². The van der Waals surface area contributed by atoms with Crippen LogP contribution in [0.4, 0.5) is 0 Å². The highest BCUT2D eigenvalue weighted by molar-refractivity contribution is 4.72. The fourth-order valence-corrected chi connectivity index (χ4v) is 0.815. The zero-order chi connectivity index (χ0) is 9.78. The molecule has 2 nitrogen and oxygen atoms in total. The van der Waals surface area contributed by atoms with Crippen LogP contribution in [0.5, 0.6) is 0 Å². The van der Waals surface area contributed by atoms with Crippen molar-refractivity contribution in [2.75, 3.05) is 13.1 Å². The molecule has 0 aromatic rings. The van der Waals surface area contributed by atoms with E-state index in [2.05, 4.69) is 33.0 Å². The third kappa shape index (κ3) is 5.56. The molecule has 0 saturated carbocycles. The van der Waals surface area contributed by atoms with E-state index in [1.54, 1.807) is 6.92 Å². The molecule has 0 aliphatic heterocycles. The molecule has 0 amide bonds. The van der Waals surface area contributed by atoms with Crippen LogP contribution in [-0.2, 0) is 0 Å². The fraction of sp³-hybridized carbons (Fsp3) is 1.00. The van der Waals surface area contributed by atoms with E-state index in [1.165, 1.54) is 0 Å². The molecule has 0 aliphatic carbocycles. The monoisotopic (exact) mass is 173 g/mol. The number of hydrogen-bond donors (Lipinski definition) is 2. The summed E-state index contributed by atoms with van der Waals surface area (Å²) in [4.78, 5) is 0. The molecular formula is C10H23NO. The van der Waals surface area contributed by atoms with Crippen molar-refractivity contribution in [2.24, 2.45) is 11.3 Å². The van der Waals surface area contributed by atoms with Gasteiger partial charge in [-0.2, -0.15) is 0 Å². The smallest absolute Gasteiger partial charge is 0.0636 e. The Morgan fingerprint density at radius 2 is 1.67 bits per heavy atom. The molecule has 0 heterocycles. The van der Waals surface area contributed by atoms with Gasteiger partial charge in [-0.25, -0.2) is 0 Å². The van der Waals surface area contributed by atoms with Crippen molar-refractivity contribution in [2.45, 2.75) is 40.7 Å². The minimum atomic E-state index is -0.239. The normalized spacial score (nSPS) is 17.5. The highest BCUT2D eigenvalue weighted by Crippen LogP contribution is 2.24. The molecule has 74 valence electrons. The Morgan fingerprint density at radius 1 is 1.17 bits per heavy atom. The molecule has 0 aromatic carbocycles. The second-order valence-electron chi connectivity index (χ2n) is 4.77. The lowest BCUT2D eigenvalue weighted by atomic mass is 9.82. The Kier molecular flexibility index (Phi) is 4.80. The Labute approximate surface area is 76.4 Å². The zero-order valence-corrected chi connectivity index (χ0v) is 9.02. The van der Waals surface area contributed by atoms with Gasteiger partial charge in [-0.1, -0.05) is 27.7 Å². The first-order valence-electron chi connectivity index (χ1n) is 4.73. The summed E-state index contributed by atoms with van der Waals surface area (Å²) in [7, 11) is 0. The van der Waals surface area contributed by atoms with Gasteiger partial charge < -0.3 is 10.4 Å². The van der Waals surface area contributed by atoms with Crippen LogP contribution >= 0.6 is 0 Å². The number of aliphatic hydroxyl groups is 1. The third-order valence-corrected chi connectivity index (χ3v) is 2.37. The van der Waals surface area contributed by atoms with Crippen molar-refractivity contribution in [1.29, 1.82) is 0 Å². The van der Waals surface area contributed by atoms with Crippen molar-refractivity contribution in [3.8, 4) is 0 Å². The third-order valence-electron chi connectivity index (χ3n) is 2.37. The van der Waals surface area contributed by atoms with Crippen LogP contribution in [0.15, 0.2) is 0 Å². The maximum absolute atomic E-state index is 9.01. The van der Waals surface area contributed by atoms with Crippen molar-refractivity contribution in [3.05, 3.63) is 0 Å². The van der Waals surface area contributed by atoms with Crippen LogP contribution < -0.4 is 5.32 Å². The minimum Gasteiger partial charge on any atom is -0.392 e. The molecule has 12 heavy (non-hydrogen) atoms. The lowest BCUT2D eigenvalue weighted by Crippen LogP contribution is -2.33. The highest BCUT2D eigenvalue weighted by Gasteiger charge is 2.19. The van der Waals surface area contributed by atoms with Crippen molar-refractivity contribution in [3.63, 3.8) is 0 Å². The van der Waals surface area contributed by atoms with Crippen LogP contribution in [0.25, 0.3) is 0 Å².